The highest BCUT2D eigenvalue weighted by molar-refractivity contribution is 6.32. The molecule has 8 nitrogen and oxygen atoms in total. The predicted molar refractivity (Wildman–Crippen MR) is 85.1 cm³/mol. The molecule has 0 fully saturated rings. The van der Waals surface area contributed by atoms with Crippen LogP contribution in [0.25, 0.3) is 0 Å². The van der Waals surface area contributed by atoms with Crippen molar-refractivity contribution in [2.75, 3.05) is 13.6 Å². The third-order valence-corrected chi connectivity index (χ3v) is 3.89. The maximum atomic E-state index is 12.2. The first kappa shape index (κ1) is 15.4. The van der Waals surface area contributed by atoms with E-state index in [1.807, 2.05) is 0 Å². The quantitative estimate of drug-likeness (QED) is 0.792. The van der Waals surface area contributed by atoms with Gasteiger partial charge in [0.15, 0.2) is 23.0 Å². The lowest BCUT2D eigenvalue weighted by Crippen LogP contribution is -2.41. The van der Waals surface area contributed by atoms with Crippen molar-refractivity contribution in [3.63, 3.8) is 0 Å². The normalized spacial score (nSPS) is 13.5. The van der Waals surface area contributed by atoms with Crippen LogP contribution in [0.2, 0.25) is 5.02 Å². The third-order valence-electron chi connectivity index (χ3n) is 3.61. The number of halogens is 1. The van der Waals surface area contributed by atoms with E-state index in [-0.39, 0.29) is 24.2 Å². The predicted octanol–water partition coefficient (Wildman–Crippen LogP) is 1.87. The van der Waals surface area contributed by atoms with Gasteiger partial charge in [0.05, 0.1) is 5.02 Å². The van der Waals surface area contributed by atoms with Crippen LogP contribution >= 0.6 is 11.6 Å². The molecule has 0 spiro atoms. The summed E-state index contributed by atoms with van der Waals surface area (Å²) in [4.78, 5) is 24.3. The maximum absolute atomic E-state index is 12.2. The number of hydrazine groups is 1. The molecule has 4 rings (SSSR count). The fraction of sp³-hybridized carbons (Fsp3) is 0.125. The topological polar surface area (TPSA) is 95.1 Å². The largest absolute Gasteiger partial charge is 0.454 e. The van der Waals surface area contributed by atoms with Crippen molar-refractivity contribution >= 4 is 23.4 Å². The number of benzene rings is 2. The van der Waals surface area contributed by atoms with Crippen LogP contribution in [0.15, 0.2) is 30.3 Å². The fourth-order valence-electron chi connectivity index (χ4n) is 2.39. The van der Waals surface area contributed by atoms with E-state index in [1.165, 1.54) is 18.2 Å². The Morgan fingerprint density at radius 1 is 0.800 bits per heavy atom. The van der Waals surface area contributed by atoms with Gasteiger partial charge in [-0.3, -0.25) is 20.4 Å². The van der Waals surface area contributed by atoms with Gasteiger partial charge in [-0.05, 0) is 30.3 Å². The van der Waals surface area contributed by atoms with Gasteiger partial charge in [0.2, 0.25) is 13.6 Å². The van der Waals surface area contributed by atoms with Crippen LogP contribution < -0.4 is 29.8 Å². The molecule has 2 amide bonds. The third kappa shape index (κ3) is 2.87. The van der Waals surface area contributed by atoms with E-state index in [1.54, 1.807) is 12.1 Å². The van der Waals surface area contributed by atoms with Gasteiger partial charge in [0, 0.05) is 11.1 Å². The zero-order valence-electron chi connectivity index (χ0n) is 12.6. The van der Waals surface area contributed by atoms with Gasteiger partial charge < -0.3 is 18.9 Å². The summed E-state index contributed by atoms with van der Waals surface area (Å²) in [6.45, 7) is 0.156. The van der Waals surface area contributed by atoms with Gasteiger partial charge in [0.1, 0.15) is 0 Å². The SMILES string of the molecule is O=C(NNC(=O)c1cc(Cl)c2c(c1)OCO2)c1ccc2c(c1)OCO2. The van der Waals surface area contributed by atoms with Crippen molar-refractivity contribution < 1.29 is 28.5 Å². The van der Waals surface area contributed by atoms with E-state index >= 15 is 0 Å². The lowest BCUT2D eigenvalue weighted by molar-refractivity contribution is 0.0846. The van der Waals surface area contributed by atoms with Crippen molar-refractivity contribution in [2.24, 2.45) is 0 Å². The van der Waals surface area contributed by atoms with Crippen LogP contribution in [0.3, 0.4) is 0 Å². The molecule has 2 aliphatic heterocycles. The van der Waals surface area contributed by atoms with Crippen LogP contribution in [-0.4, -0.2) is 25.4 Å². The van der Waals surface area contributed by atoms with Crippen molar-refractivity contribution in [2.45, 2.75) is 0 Å². The van der Waals surface area contributed by atoms with Crippen LogP contribution in [0.4, 0.5) is 0 Å². The molecule has 0 bridgehead atoms. The van der Waals surface area contributed by atoms with Crippen molar-refractivity contribution in [3.05, 3.63) is 46.5 Å². The number of rotatable bonds is 2. The van der Waals surface area contributed by atoms with Gasteiger partial charge in [-0.2, -0.15) is 0 Å². The van der Waals surface area contributed by atoms with Gasteiger partial charge in [0.25, 0.3) is 11.8 Å². The Morgan fingerprint density at radius 3 is 2.28 bits per heavy atom. The molecule has 25 heavy (non-hydrogen) atoms. The monoisotopic (exact) mass is 362 g/mol. The maximum Gasteiger partial charge on any atom is 0.269 e. The first-order valence-corrected chi connectivity index (χ1v) is 7.59. The number of nitrogens with one attached hydrogen (secondary N) is 2. The molecule has 2 aromatic carbocycles. The van der Waals surface area contributed by atoms with E-state index in [2.05, 4.69) is 10.9 Å². The highest BCUT2D eigenvalue weighted by atomic mass is 35.5. The molecule has 0 saturated heterocycles. The standard InChI is InChI=1S/C16H11ClN2O6/c17-10-3-9(5-13-14(10)25-7-24-13)16(21)19-18-15(20)8-1-2-11-12(4-8)23-6-22-11/h1-5H,6-7H2,(H,18,20)(H,19,21). The average molecular weight is 363 g/mol. The number of amides is 2. The molecular weight excluding hydrogens is 352 g/mol. The van der Waals surface area contributed by atoms with E-state index in [0.29, 0.717) is 28.6 Å². The molecular formula is C16H11ClN2O6. The smallest absolute Gasteiger partial charge is 0.269 e. The molecule has 0 atom stereocenters. The number of hydrogen-bond donors (Lipinski definition) is 2. The van der Waals surface area contributed by atoms with Crippen molar-refractivity contribution in [1.29, 1.82) is 0 Å². The zero-order valence-corrected chi connectivity index (χ0v) is 13.4. The van der Waals surface area contributed by atoms with E-state index in [0.717, 1.165) is 0 Å². The molecule has 0 unspecified atom stereocenters. The molecule has 9 heteroatoms. The second-order valence-corrected chi connectivity index (χ2v) is 5.58. The number of ether oxygens (including phenoxy) is 4. The first-order valence-electron chi connectivity index (χ1n) is 7.21. The molecule has 2 N–H and O–H groups in total. The summed E-state index contributed by atoms with van der Waals surface area (Å²) in [6, 6.07) is 7.62. The summed E-state index contributed by atoms with van der Waals surface area (Å²) in [5, 5.41) is 0.252. The van der Waals surface area contributed by atoms with E-state index in [4.69, 9.17) is 30.5 Å². The minimum atomic E-state index is -0.547. The second-order valence-electron chi connectivity index (χ2n) is 5.17. The lowest BCUT2D eigenvalue weighted by atomic mass is 10.2. The Labute approximate surface area is 146 Å². The Morgan fingerprint density at radius 2 is 1.44 bits per heavy atom. The number of hydrogen-bond acceptors (Lipinski definition) is 6. The van der Waals surface area contributed by atoms with Crippen LogP contribution in [-0.2, 0) is 0 Å². The Balaban J connectivity index is 1.43. The minimum absolute atomic E-state index is 0.0426. The van der Waals surface area contributed by atoms with Gasteiger partial charge in [-0.15, -0.1) is 0 Å². The summed E-state index contributed by atoms with van der Waals surface area (Å²) >= 11 is 6.03. The molecule has 0 aliphatic carbocycles. The summed E-state index contributed by atoms with van der Waals surface area (Å²) in [5.74, 6) is 0.757. The van der Waals surface area contributed by atoms with E-state index < -0.39 is 11.8 Å². The van der Waals surface area contributed by atoms with Crippen molar-refractivity contribution in [3.8, 4) is 23.0 Å². The lowest BCUT2D eigenvalue weighted by Gasteiger charge is -2.09. The summed E-state index contributed by atoms with van der Waals surface area (Å²) < 4.78 is 20.8. The summed E-state index contributed by atoms with van der Waals surface area (Å²) in [5.41, 5.74) is 5.18. The molecule has 2 aliphatic rings. The number of fused-ring (bicyclic) bond motifs is 2. The summed E-state index contributed by atoms with van der Waals surface area (Å²) in [7, 11) is 0. The molecule has 0 saturated carbocycles. The molecule has 128 valence electrons. The molecule has 0 radical (unpaired) electrons. The first-order chi connectivity index (χ1) is 12.1. The zero-order chi connectivity index (χ0) is 17.4. The second kappa shape index (κ2) is 6.06. The fourth-order valence-corrected chi connectivity index (χ4v) is 2.66. The Hall–Kier alpha value is -3.13. The summed E-state index contributed by atoms with van der Waals surface area (Å²) in [6.07, 6.45) is 0. The highest BCUT2D eigenvalue weighted by Gasteiger charge is 2.21. The molecule has 2 aromatic rings. The van der Waals surface area contributed by atoms with Gasteiger partial charge in [-0.1, -0.05) is 11.6 Å². The van der Waals surface area contributed by atoms with Crippen molar-refractivity contribution in [1.82, 2.24) is 10.9 Å². The van der Waals surface area contributed by atoms with Crippen LogP contribution in [0.1, 0.15) is 20.7 Å². The Kier molecular flexibility index (Phi) is 3.73. The molecule has 2 heterocycles. The molecule has 0 aromatic heterocycles. The van der Waals surface area contributed by atoms with E-state index in [9.17, 15) is 9.59 Å². The van der Waals surface area contributed by atoms with Gasteiger partial charge >= 0.3 is 0 Å². The van der Waals surface area contributed by atoms with Gasteiger partial charge in [-0.25, -0.2) is 0 Å². The Bertz CT molecular complexity index is 885. The van der Waals surface area contributed by atoms with Crippen LogP contribution in [0.5, 0.6) is 23.0 Å². The van der Waals surface area contributed by atoms with Crippen LogP contribution in [0, 0.1) is 0 Å². The minimum Gasteiger partial charge on any atom is -0.454 e. The average Bonchev–Trinajstić information content (AvgIpc) is 3.27. The number of carbonyl (C=O) groups excluding carboxylic acids is 2. The number of carbonyl (C=O) groups is 2. The highest BCUT2D eigenvalue weighted by Crippen LogP contribution is 2.39.